The topological polar surface area (TPSA) is 9.23 Å². The summed E-state index contributed by atoms with van der Waals surface area (Å²) in [7, 11) is 0. The van der Waals surface area contributed by atoms with Crippen LogP contribution in [0.4, 0.5) is 8.78 Å². The molecule has 31 heavy (non-hydrogen) atoms. The lowest BCUT2D eigenvalue weighted by Gasteiger charge is -2.37. The molecule has 2 saturated carbocycles. The monoisotopic (exact) mass is 426 g/mol. The van der Waals surface area contributed by atoms with E-state index in [0.717, 1.165) is 29.6 Å². The minimum atomic E-state index is -0.743. The summed E-state index contributed by atoms with van der Waals surface area (Å²) in [5.74, 6) is 2.29. The number of ether oxygens (including phenoxy) is 1. The Hall–Kier alpha value is -1.90. The molecule has 0 bridgehead atoms. The molecule has 2 aromatic carbocycles. The molecule has 2 aliphatic rings. The summed E-state index contributed by atoms with van der Waals surface area (Å²) < 4.78 is 34.9. The molecule has 4 rings (SSSR count). The summed E-state index contributed by atoms with van der Waals surface area (Å²) in [5, 5.41) is 1.05. The van der Waals surface area contributed by atoms with E-state index < -0.39 is 11.6 Å². The second kappa shape index (κ2) is 10.1. The number of rotatable bonds is 7. The van der Waals surface area contributed by atoms with Crippen LogP contribution in [-0.2, 0) is 6.42 Å². The first kappa shape index (κ1) is 22.3. The van der Waals surface area contributed by atoms with E-state index >= 15 is 0 Å². The third-order valence-corrected chi connectivity index (χ3v) is 7.91. The molecule has 0 N–H and O–H groups in total. The third kappa shape index (κ3) is 5.13. The zero-order valence-corrected chi connectivity index (χ0v) is 18.8. The Morgan fingerprint density at radius 3 is 2.26 bits per heavy atom. The fourth-order valence-corrected chi connectivity index (χ4v) is 5.96. The molecule has 0 aliphatic heterocycles. The Bertz CT molecular complexity index is 890. The molecule has 168 valence electrons. The lowest BCUT2D eigenvalue weighted by molar-refractivity contribution is 0.152. The molecule has 0 spiro atoms. The van der Waals surface area contributed by atoms with E-state index in [4.69, 9.17) is 4.74 Å². The van der Waals surface area contributed by atoms with Crippen LogP contribution in [0.5, 0.6) is 5.75 Å². The van der Waals surface area contributed by atoms with Crippen molar-refractivity contribution in [2.75, 3.05) is 6.61 Å². The van der Waals surface area contributed by atoms with Crippen molar-refractivity contribution >= 4 is 10.8 Å². The van der Waals surface area contributed by atoms with Gasteiger partial charge in [0.25, 0.3) is 0 Å². The van der Waals surface area contributed by atoms with Crippen molar-refractivity contribution in [1.82, 2.24) is 0 Å². The van der Waals surface area contributed by atoms with Crippen LogP contribution in [-0.4, -0.2) is 6.61 Å². The van der Waals surface area contributed by atoms with Gasteiger partial charge in [-0.3, -0.25) is 0 Å². The van der Waals surface area contributed by atoms with Gasteiger partial charge < -0.3 is 4.74 Å². The van der Waals surface area contributed by atoms with Gasteiger partial charge in [0.15, 0.2) is 11.6 Å². The predicted octanol–water partition coefficient (Wildman–Crippen LogP) is 8.25. The second-order valence-electron chi connectivity index (χ2n) is 9.71. The normalized spacial score (nSPS) is 26.7. The van der Waals surface area contributed by atoms with Crippen molar-refractivity contribution < 1.29 is 13.5 Å². The van der Waals surface area contributed by atoms with E-state index in [1.54, 1.807) is 6.07 Å². The minimum Gasteiger partial charge on any atom is -0.494 e. The Labute approximate surface area is 185 Å². The molecule has 0 radical (unpaired) electrons. The van der Waals surface area contributed by atoms with Gasteiger partial charge in [0, 0.05) is 5.39 Å². The van der Waals surface area contributed by atoms with Crippen molar-refractivity contribution in [3.05, 3.63) is 54.1 Å². The molecule has 1 nitrogen and oxygen atoms in total. The number of hydrogen-bond donors (Lipinski definition) is 0. The van der Waals surface area contributed by atoms with E-state index in [2.05, 4.69) is 12.7 Å². The van der Waals surface area contributed by atoms with Crippen molar-refractivity contribution in [3.8, 4) is 5.75 Å². The average Bonchev–Trinajstić information content (AvgIpc) is 2.81. The number of benzene rings is 2. The van der Waals surface area contributed by atoms with Crippen LogP contribution in [0.15, 0.2) is 36.9 Å². The average molecular weight is 427 g/mol. The van der Waals surface area contributed by atoms with E-state index in [0.29, 0.717) is 35.6 Å². The standard InChI is InChI=1S/C28H36F2O/c1-3-19-5-10-21(11-6-19)22-12-7-20(8-13-22)9-14-24-17-23-15-16-25(31-4-2)18-26(23)28(30)27(24)29/h3,15-22H,1,4-14H2,2H3. The van der Waals surface area contributed by atoms with Crippen molar-refractivity contribution in [2.45, 2.75) is 71.1 Å². The quantitative estimate of drug-likeness (QED) is 0.405. The van der Waals surface area contributed by atoms with Crippen LogP contribution in [0.1, 0.15) is 70.3 Å². The molecule has 0 saturated heterocycles. The van der Waals surface area contributed by atoms with E-state index in [9.17, 15) is 8.78 Å². The van der Waals surface area contributed by atoms with Crippen LogP contribution >= 0.6 is 0 Å². The van der Waals surface area contributed by atoms with Gasteiger partial charge in [0.2, 0.25) is 0 Å². The maximum atomic E-state index is 14.7. The highest BCUT2D eigenvalue weighted by atomic mass is 19.2. The molecular weight excluding hydrogens is 390 g/mol. The molecule has 0 heterocycles. The predicted molar refractivity (Wildman–Crippen MR) is 124 cm³/mol. The Balaban J connectivity index is 1.33. The Morgan fingerprint density at radius 1 is 0.935 bits per heavy atom. The summed E-state index contributed by atoms with van der Waals surface area (Å²) in [6.45, 7) is 6.35. The van der Waals surface area contributed by atoms with E-state index in [1.165, 1.54) is 51.4 Å². The molecule has 0 atom stereocenters. The van der Waals surface area contributed by atoms with Gasteiger partial charge in [-0.25, -0.2) is 8.78 Å². The van der Waals surface area contributed by atoms with Gasteiger partial charge in [0.1, 0.15) is 5.75 Å². The molecule has 2 aromatic rings. The number of allylic oxidation sites excluding steroid dienone is 1. The van der Waals surface area contributed by atoms with Crippen molar-refractivity contribution in [2.24, 2.45) is 23.7 Å². The summed E-state index contributed by atoms with van der Waals surface area (Å²) in [5.41, 5.74) is 0.513. The van der Waals surface area contributed by atoms with Crippen LogP contribution in [0.3, 0.4) is 0 Å². The summed E-state index contributed by atoms with van der Waals surface area (Å²) in [6.07, 6.45) is 14.1. The largest absolute Gasteiger partial charge is 0.494 e. The molecule has 2 aliphatic carbocycles. The van der Waals surface area contributed by atoms with Gasteiger partial charge in [-0.15, -0.1) is 6.58 Å². The Morgan fingerprint density at radius 2 is 1.61 bits per heavy atom. The highest BCUT2D eigenvalue weighted by molar-refractivity contribution is 5.85. The first-order valence-electron chi connectivity index (χ1n) is 12.2. The summed E-state index contributed by atoms with van der Waals surface area (Å²) in [6, 6.07) is 7.09. The van der Waals surface area contributed by atoms with Crippen molar-refractivity contribution in [1.29, 1.82) is 0 Å². The number of fused-ring (bicyclic) bond motifs is 1. The number of halogens is 2. The highest BCUT2D eigenvalue weighted by Crippen LogP contribution is 2.42. The first-order valence-corrected chi connectivity index (χ1v) is 12.2. The number of hydrogen-bond acceptors (Lipinski definition) is 1. The van der Waals surface area contributed by atoms with Crippen LogP contribution < -0.4 is 4.74 Å². The molecule has 0 aromatic heterocycles. The van der Waals surface area contributed by atoms with Gasteiger partial charge >= 0.3 is 0 Å². The molecule has 0 unspecified atom stereocenters. The van der Waals surface area contributed by atoms with E-state index in [1.807, 2.05) is 25.1 Å². The molecular formula is C28H36F2O. The maximum Gasteiger partial charge on any atom is 0.167 e. The summed E-state index contributed by atoms with van der Waals surface area (Å²) in [4.78, 5) is 0. The van der Waals surface area contributed by atoms with Gasteiger partial charge in [-0.05, 0) is 111 Å². The van der Waals surface area contributed by atoms with Crippen LogP contribution in [0.2, 0.25) is 0 Å². The van der Waals surface area contributed by atoms with Crippen LogP contribution in [0.25, 0.3) is 10.8 Å². The SMILES string of the molecule is C=CC1CCC(C2CCC(CCc3cc4ccc(OCC)cc4c(F)c3F)CC2)CC1. The Kier molecular flexibility index (Phi) is 7.30. The fraction of sp³-hybridized carbons (Fsp3) is 0.571. The van der Waals surface area contributed by atoms with Gasteiger partial charge in [-0.1, -0.05) is 25.0 Å². The lowest BCUT2D eigenvalue weighted by Crippen LogP contribution is -2.25. The van der Waals surface area contributed by atoms with Gasteiger partial charge in [0.05, 0.1) is 6.61 Å². The van der Waals surface area contributed by atoms with Crippen molar-refractivity contribution in [3.63, 3.8) is 0 Å². The summed E-state index contributed by atoms with van der Waals surface area (Å²) >= 11 is 0. The maximum absolute atomic E-state index is 14.7. The smallest absolute Gasteiger partial charge is 0.167 e. The number of aryl methyl sites for hydroxylation is 1. The fourth-order valence-electron chi connectivity index (χ4n) is 5.96. The van der Waals surface area contributed by atoms with E-state index in [-0.39, 0.29) is 0 Å². The second-order valence-corrected chi connectivity index (χ2v) is 9.71. The van der Waals surface area contributed by atoms with Gasteiger partial charge in [-0.2, -0.15) is 0 Å². The third-order valence-electron chi connectivity index (χ3n) is 7.91. The molecule has 0 amide bonds. The first-order chi connectivity index (χ1) is 15.1. The zero-order chi connectivity index (χ0) is 21.8. The molecule has 3 heteroatoms. The van der Waals surface area contributed by atoms with Crippen LogP contribution in [0, 0.1) is 35.3 Å². The minimum absolute atomic E-state index is 0.305. The zero-order valence-electron chi connectivity index (χ0n) is 18.8. The lowest BCUT2D eigenvalue weighted by atomic mass is 9.68. The molecule has 2 fully saturated rings. The highest BCUT2D eigenvalue weighted by Gasteiger charge is 2.30.